The van der Waals surface area contributed by atoms with Gasteiger partial charge in [-0.05, 0) is 68.0 Å². The third-order valence-corrected chi connectivity index (χ3v) is 4.06. The average molecular weight is 265 g/mol. The summed E-state index contributed by atoms with van der Waals surface area (Å²) in [6.45, 7) is 8.99. The molecule has 0 aliphatic heterocycles. The Morgan fingerprint density at radius 3 is 1.35 bits per heavy atom. The quantitative estimate of drug-likeness (QED) is 0.621. The van der Waals surface area contributed by atoms with Crippen LogP contribution in [0.1, 0.15) is 38.8 Å². The van der Waals surface area contributed by atoms with Gasteiger partial charge in [-0.15, -0.1) is 11.6 Å². The van der Waals surface area contributed by atoms with Crippen molar-refractivity contribution >= 4 is 11.6 Å². The fourth-order valence-electron chi connectivity index (χ4n) is 2.07. The summed E-state index contributed by atoms with van der Waals surface area (Å²) in [5, 5.41) is -1.93. The molecule has 0 spiro atoms. The van der Waals surface area contributed by atoms with Crippen LogP contribution in [-0.2, 0) is 0 Å². The minimum atomic E-state index is -4.41. The Bertz CT molecular complexity index is 418. The van der Waals surface area contributed by atoms with Crippen molar-refractivity contribution in [1.82, 2.24) is 0 Å². The minimum absolute atomic E-state index is 0.208. The molecule has 0 N–H and O–H groups in total. The van der Waals surface area contributed by atoms with Crippen molar-refractivity contribution in [3.8, 4) is 0 Å². The summed E-state index contributed by atoms with van der Waals surface area (Å²) in [6, 6.07) is 0. The van der Waals surface area contributed by atoms with Gasteiger partial charge in [-0.25, -0.2) is 0 Å². The topological polar surface area (TPSA) is 0 Å². The van der Waals surface area contributed by atoms with Crippen molar-refractivity contribution in [3.63, 3.8) is 0 Å². The lowest BCUT2D eigenvalue weighted by atomic mass is 9.88. The summed E-state index contributed by atoms with van der Waals surface area (Å²) in [4.78, 5) is 0. The van der Waals surface area contributed by atoms with E-state index in [4.69, 9.17) is 11.6 Å². The summed E-state index contributed by atoms with van der Waals surface area (Å²) >= 11 is 5.56. The average Bonchev–Trinajstić information content (AvgIpc) is 2.22. The first kappa shape index (κ1) is 14.4. The lowest BCUT2D eigenvalue weighted by molar-refractivity contribution is -0.131. The highest BCUT2D eigenvalue weighted by Crippen LogP contribution is 2.42. The molecule has 4 heteroatoms. The van der Waals surface area contributed by atoms with Gasteiger partial charge in [-0.2, -0.15) is 13.2 Å². The minimum Gasteiger partial charge on any atom is -0.169 e. The molecule has 1 unspecified atom stereocenters. The molecule has 1 rings (SSSR count). The van der Waals surface area contributed by atoms with E-state index in [9.17, 15) is 13.2 Å². The van der Waals surface area contributed by atoms with Crippen molar-refractivity contribution in [2.75, 3.05) is 0 Å². The Balaban J connectivity index is 3.55. The Hall–Kier alpha value is -0.700. The number of hydrogen-bond acceptors (Lipinski definition) is 0. The summed E-state index contributed by atoms with van der Waals surface area (Å²) < 4.78 is 38.2. The molecular weight excluding hydrogens is 249 g/mol. The monoisotopic (exact) mass is 264 g/mol. The van der Waals surface area contributed by atoms with E-state index in [-0.39, 0.29) is 5.56 Å². The number of alkyl halides is 4. The maximum absolute atomic E-state index is 12.7. The van der Waals surface area contributed by atoms with Gasteiger partial charge in [0.05, 0.1) is 0 Å². The summed E-state index contributed by atoms with van der Waals surface area (Å²) in [7, 11) is 0. The zero-order valence-corrected chi connectivity index (χ0v) is 11.3. The largest absolute Gasteiger partial charge is 0.408 e. The Kier molecular flexibility index (Phi) is 3.82. The molecule has 0 nitrogen and oxygen atoms in total. The molecule has 0 aromatic heterocycles. The highest BCUT2D eigenvalue weighted by atomic mass is 35.5. The molecule has 1 aromatic rings. The highest BCUT2D eigenvalue weighted by Gasteiger charge is 2.41. The van der Waals surface area contributed by atoms with Crippen LogP contribution in [0.4, 0.5) is 13.2 Å². The third-order valence-electron chi connectivity index (χ3n) is 3.60. The first-order chi connectivity index (χ1) is 7.59. The van der Waals surface area contributed by atoms with E-state index in [0.717, 1.165) is 16.7 Å². The van der Waals surface area contributed by atoms with Gasteiger partial charge in [0.2, 0.25) is 0 Å². The fourth-order valence-corrected chi connectivity index (χ4v) is 2.40. The molecule has 0 fully saturated rings. The Morgan fingerprint density at radius 2 is 1.06 bits per heavy atom. The first-order valence-corrected chi connectivity index (χ1v) is 5.80. The van der Waals surface area contributed by atoms with Crippen LogP contribution >= 0.6 is 11.6 Å². The van der Waals surface area contributed by atoms with Crippen molar-refractivity contribution in [2.45, 2.75) is 46.2 Å². The van der Waals surface area contributed by atoms with Crippen molar-refractivity contribution < 1.29 is 13.2 Å². The number of rotatable bonds is 1. The maximum Gasteiger partial charge on any atom is 0.408 e. The third kappa shape index (κ3) is 2.44. The molecule has 96 valence electrons. The van der Waals surface area contributed by atoms with E-state index in [2.05, 4.69) is 0 Å². The molecule has 1 aromatic carbocycles. The second-order valence-electron chi connectivity index (χ2n) is 4.44. The van der Waals surface area contributed by atoms with Gasteiger partial charge in [0.15, 0.2) is 5.38 Å². The zero-order chi connectivity index (χ0) is 13.5. The zero-order valence-electron chi connectivity index (χ0n) is 10.6. The van der Waals surface area contributed by atoms with E-state index in [0.29, 0.717) is 11.1 Å². The van der Waals surface area contributed by atoms with Gasteiger partial charge in [-0.1, -0.05) is 0 Å². The van der Waals surface area contributed by atoms with Crippen LogP contribution in [0.3, 0.4) is 0 Å². The van der Waals surface area contributed by atoms with Crippen LogP contribution in [-0.4, -0.2) is 6.18 Å². The standard InChI is InChI=1S/C13H16ClF3/c1-6-7(2)9(4)11(10(5)8(6)3)12(14)13(15,16)17/h12H,1-5H3. The van der Waals surface area contributed by atoms with Gasteiger partial charge in [0.25, 0.3) is 0 Å². The Labute approximate surface area is 105 Å². The smallest absolute Gasteiger partial charge is 0.169 e. The number of benzene rings is 1. The molecule has 1 atom stereocenters. The van der Waals surface area contributed by atoms with Crippen LogP contribution < -0.4 is 0 Å². The molecule has 0 amide bonds. The van der Waals surface area contributed by atoms with E-state index in [1.54, 1.807) is 13.8 Å². The van der Waals surface area contributed by atoms with E-state index >= 15 is 0 Å². The highest BCUT2D eigenvalue weighted by molar-refractivity contribution is 6.21. The second-order valence-corrected chi connectivity index (χ2v) is 4.88. The summed E-state index contributed by atoms with van der Waals surface area (Å²) in [5.41, 5.74) is 4.30. The van der Waals surface area contributed by atoms with Gasteiger partial charge in [-0.3, -0.25) is 0 Å². The summed E-state index contributed by atoms with van der Waals surface area (Å²) in [5.74, 6) is 0. The normalized spacial score (nSPS) is 13.9. The van der Waals surface area contributed by atoms with Crippen LogP contribution in [0, 0.1) is 34.6 Å². The molecule has 0 saturated heterocycles. The van der Waals surface area contributed by atoms with E-state index in [1.165, 1.54) is 0 Å². The lowest BCUT2D eigenvalue weighted by Gasteiger charge is -2.23. The molecule has 0 aliphatic carbocycles. The fraction of sp³-hybridized carbons (Fsp3) is 0.538. The molecule has 0 aliphatic rings. The van der Waals surface area contributed by atoms with Crippen molar-refractivity contribution in [2.24, 2.45) is 0 Å². The van der Waals surface area contributed by atoms with E-state index < -0.39 is 11.6 Å². The van der Waals surface area contributed by atoms with Gasteiger partial charge >= 0.3 is 6.18 Å². The van der Waals surface area contributed by atoms with Crippen LogP contribution in [0.5, 0.6) is 0 Å². The summed E-state index contributed by atoms with van der Waals surface area (Å²) in [6.07, 6.45) is -4.41. The van der Waals surface area contributed by atoms with Crippen LogP contribution in [0.15, 0.2) is 0 Å². The van der Waals surface area contributed by atoms with Gasteiger partial charge in [0, 0.05) is 0 Å². The molecule has 0 heterocycles. The Morgan fingerprint density at radius 1 is 0.765 bits per heavy atom. The molecule has 0 saturated carbocycles. The molecular formula is C13H16ClF3. The number of halogens is 4. The van der Waals surface area contributed by atoms with Crippen molar-refractivity contribution in [1.29, 1.82) is 0 Å². The van der Waals surface area contributed by atoms with Gasteiger partial charge in [0.1, 0.15) is 0 Å². The van der Waals surface area contributed by atoms with E-state index in [1.807, 2.05) is 20.8 Å². The predicted molar refractivity (Wildman–Crippen MR) is 64.8 cm³/mol. The maximum atomic E-state index is 12.7. The lowest BCUT2D eigenvalue weighted by Crippen LogP contribution is -2.19. The van der Waals surface area contributed by atoms with Crippen LogP contribution in [0.2, 0.25) is 0 Å². The molecule has 17 heavy (non-hydrogen) atoms. The molecule has 0 bridgehead atoms. The van der Waals surface area contributed by atoms with Crippen molar-refractivity contribution in [3.05, 3.63) is 33.4 Å². The van der Waals surface area contributed by atoms with Crippen LogP contribution in [0.25, 0.3) is 0 Å². The first-order valence-electron chi connectivity index (χ1n) is 5.36. The van der Waals surface area contributed by atoms with Gasteiger partial charge < -0.3 is 0 Å². The predicted octanol–water partition coefficient (Wildman–Crippen LogP) is 5.07. The SMILES string of the molecule is Cc1c(C)c(C)c(C(Cl)C(F)(F)F)c(C)c1C. The molecule has 0 radical (unpaired) electrons. The number of hydrogen-bond donors (Lipinski definition) is 0. The second kappa shape index (κ2) is 4.52.